The van der Waals surface area contributed by atoms with Crippen molar-refractivity contribution in [2.45, 2.75) is 31.3 Å². The Kier molecular flexibility index (Phi) is 8.81. The minimum atomic E-state index is -3.67. The average Bonchev–Trinajstić information content (AvgIpc) is 2.35. The first-order valence-electron chi connectivity index (χ1n) is 5.90. The van der Waals surface area contributed by atoms with Crippen LogP contribution in [0.25, 0.3) is 0 Å². The summed E-state index contributed by atoms with van der Waals surface area (Å²) in [5.74, 6) is 0.621. The Balaban J connectivity index is 0.000000621. The minimum absolute atomic E-state index is 0.121. The van der Waals surface area contributed by atoms with E-state index in [-0.39, 0.29) is 12.1 Å². The Morgan fingerprint density at radius 3 is 2.30 bits per heavy atom. The molecule has 1 aromatic rings. The molecule has 8 nitrogen and oxygen atoms in total. The van der Waals surface area contributed by atoms with Crippen LogP contribution in [0, 0.1) is 0 Å². The lowest BCUT2D eigenvalue weighted by Gasteiger charge is -2.12. The predicted octanol–water partition coefficient (Wildman–Crippen LogP) is 0.0590. The fourth-order valence-corrected chi connectivity index (χ4v) is 1.29. The molecule has 5 N–H and O–H groups in total. The van der Waals surface area contributed by atoms with E-state index in [4.69, 9.17) is 16.0 Å². The molecule has 0 spiro atoms. The van der Waals surface area contributed by atoms with Gasteiger partial charge in [0.15, 0.2) is 0 Å². The maximum Gasteiger partial charge on any atom is 0.261 e. The van der Waals surface area contributed by atoms with E-state index in [9.17, 15) is 8.42 Å². The summed E-state index contributed by atoms with van der Waals surface area (Å²) in [5, 5.41) is 0. The largest absolute Gasteiger partial charge is 0.327 e. The number of aromatic nitrogens is 3. The highest BCUT2D eigenvalue weighted by Gasteiger charge is 2.10. The molecule has 0 saturated carbocycles. The Hall–Kier alpha value is -1.42. The molecule has 0 aromatic carbocycles. The van der Waals surface area contributed by atoms with Gasteiger partial charge in [0.25, 0.3) is 10.1 Å². The summed E-state index contributed by atoms with van der Waals surface area (Å²) in [4.78, 5) is 11.7. The predicted molar refractivity (Wildman–Crippen MR) is 76.3 cm³/mol. The SMILES string of the molecule is C=CCC(N)CCC(N)c1ncncn1.CS(=O)(=O)O. The first kappa shape index (κ1) is 18.6. The van der Waals surface area contributed by atoms with Crippen LogP contribution in [-0.4, -0.2) is 40.2 Å². The van der Waals surface area contributed by atoms with Crippen molar-refractivity contribution in [3.63, 3.8) is 0 Å². The molecule has 114 valence electrons. The normalized spacial score (nSPS) is 13.8. The number of rotatable bonds is 6. The summed E-state index contributed by atoms with van der Waals surface area (Å²) >= 11 is 0. The van der Waals surface area contributed by atoms with Crippen LogP contribution < -0.4 is 11.5 Å². The lowest BCUT2D eigenvalue weighted by atomic mass is 10.0. The van der Waals surface area contributed by atoms with E-state index in [1.807, 2.05) is 6.08 Å². The number of hydrogen-bond donors (Lipinski definition) is 3. The third-order valence-corrected chi connectivity index (χ3v) is 2.16. The Labute approximate surface area is 119 Å². The molecule has 9 heteroatoms. The van der Waals surface area contributed by atoms with Gasteiger partial charge in [-0.25, -0.2) is 15.0 Å². The Morgan fingerprint density at radius 2 is 1.85 bits per heavy atom. The summed E-state index contributed by atoms with van der Waals surface area (Å²) in [7, 11) is -3.67. The Bertz CT molecular complexity index is 472. The molecule has 0 radical (unpaired) electrons. The second kappa shape index (κ2) is 9.48. The molecular weight excluding hydrogens is 282 g/mol. The lowest BCUT2D eigenvalue weighted by molar-refractivity contribution is 0.490. The van der Waals surface area contributed by atoms with Gasteiger partial charge in [0.05, 0.1) is 12.3 Å². The Morgan fingerprint density at radius 1 is 1.35 bits per heavy atom. The van der Waals surface area contributed by atoms with Crippen LogP contribution in [-0.2, 0) is 10.1 Å². The first-order valence-corrected chi connectivity index (χ1v) is 7.75. The zero-order valence-corrected chi connectivity index (χ0v) is 12.2. The number of nitrogens with zero attached hydrogens (tertiary/aromatic N) is 3. The monoisotopic (exact) mass is 303 g/mol. The van der Waals surface area contributed by atoms with Crippen LogP contribution in [0.3, 0.4) is 0 Å². The van der Waals surface area contributed by atoms with Crippen LogP contribution in [0.1, 0.15) is 31.1 Å². The molecule has 0 aliphatic heterocycles. The van der Waals surface area contributed by atoms with Gasteiger partial charge in [-0.1, -0.05) is 6.08 Å². The van der Waals surface area contributed by atoms with E-state index in [1.54, 1.807) is 0 Å². The van der Waals surface area contributed by atoms with Gasteiger partial charge < -0.3 is 11.5 Å². The van der Waals surface area contributed by atoms with Crippen molar-refractivity contribution < 1.29 is 13.0 Å². The van der Waals surface area contributed by atoms with Gasteiger partial charge in [-0.3, -0.25) is 4.55 Å². The zero-order valence-electron chi connectivity index (χ0n) is 11.4. The molecule has 1 aromatic heterocycles. The van der Waals surface area contributed by atoms with E-state index in [1.165, 1.54) is 12.7 Å². The van der Waals surface area contributed by atoms with Crippen LogP contribution in [0.4, 0.5) is 0 Å². The van der Waals surface area contributed by atoms with Crippen molar-refractivity contribution in [3.05, 3.63) is 31.1 Å². The van der Waals surface area contributed by atoms with Crippen LogP contribution in [0.2, 0.25) is 0 Å². The van der Waals surface area contributed by atoms with Gasteiger partial charge in [-0.05, 0) is 19.3 Å². The van der Waals surface area contributed by atoms with Crippen LogP contribution in [0.15, 0.2) is 25.3 Å². The van der Waals surface area contributed by atoms with E-state index in [2.05, 4.69) is 21.5 Å². The topological polar surface area (TPSA) is 145 Å². The van der Waals surface area contributed by atoms with Crippen molar-refractivity contribution >= 4 is 10.1 Å². The lowest BCUT2D eigenvalue weighted by Crippen LogP contribution is -2.22. The third kappa shape index (κ3) is 11.7. The van der Waals surface area contributed by atoms with Crippen molar-refractivity contribution in [1.29, 1.82) is 0 Å². The first-order chi connectivity index (χ1) is 9.24. The fourth-order valence-electron chi connectivity index (χ4n) is 1.29. The second-order valence-electron chi connectivity index (χ2n) is 4.20. The minimum Gasteiger partial charge on any atom is -0.327 e. The molecule has 1 rings (SSSR count). The van der Waals surface area contributed by atoms with E-state index in [0.717, 1.165) is 19.3 Å². The van der Waals surface area contributed by atoms with Gasteiger partial charge in [0.1, 0.15) is 18.5 Å². The van der Waals surface area contributed by atoms with Gasteiger partial charge >= 0.3 is 0 Å². The standard InChI is InChI=1S/C10H17N5.CH4O3S/c1-2-3-8(11)4-5-9(12)10-14-6-13-7-15-10;1-5(2,3)4/h2,6-9H,1,3-5,11-12H2;1H3,(H,2,3,4). The maximum absolute atomic E-state index is 9.19. The van der Waals surface area contributed by atoms with Gasteiger partial charge in [-0.2, -0.15) is 8.42 Å². The molecule has 0 aliphatic rings. The van der Waals surface area contributed by atoms with E-state index >= 15 is 0 Å². The summed E-state index contributed by atoms with van der Waals surface area (Å²) in [5.41, 5.74) is 11.7. The van der Waals surface area contributed by atoms with Crippen LogP contribution in [0.5, 0.6) is 0 Å². The van der Waals surface area contributed by atoms with E-state index < -0.39 is 10.1 Å². The fraction of sp³-hybridized carbons (Fsp3) is 0.545. The van der Waals surface area contributed by atoms with E-state index in [0.29, 0.717) is 12.1 Å². The molecule has 0 bridgehead atoms. The molecule has 2 unspecified atom stereocenters. The second-order valence-corrected chi connectivity index (χ2v) is 5.66. The zero-order chi connectivity index (χ0) is 15.6. The molecule has 0 fully saturated rings. The highest BCUT2D eigenvalue weighted by molar-refractivity contribution is 7.85. The smallest absolute Gasteiger partial charge is 0.261 e. The molecule has 20 heavy (non-hydrogen) atoms. The summed E-state index contributed by atoms with van der Waals surface area (Å²) in [6.45, 7) is 3.64. The van der Waals surface area contributed by atoms with Gasteiger partial charge in [-0.15, -0.1) is 6.58 Å². The molecule has 0 saturated heterocycles. The quantitative estimate of drug-likeness (QED) is 0.494. The molecule has 0 aliphatic carbocycles. The summed E-state index contributed by atoms with van der Waals surface area (Å²) in [6.07, 6.45) is 7.87. The van der Waals surface area contributed by atoms with Crippen molar-refractivity contribution in [2.75, 3.05) is 6.26 Å². The maximum atomic E-state index is 9.19. The van der Waals surface area contributed by atoms with Crippen molar-refractivity contribution in [3.8, 4) is 0 Å². The summed E-state index contributed by atoms with van der Waals surface area (Å²) in [6, 6.07) is -0.0424. The third-order valence-electron chi connectivity index (χ3n) is 2.16. The highest BCUT2D eigenvalue weighted by atomic mass is 32.2. The van der Waals surface area contributed by atoms with Crippen molar-refractivity contribution in [2.24, 2.45) is 11.5 Å². The summed E-state index contributed by atoms with van der Waals surface area (Å²) < 4.78 is 25.9. The number of hydrogen-bond acceptors (Lipinski definition) is 7. The molecule has 2 atom stereocenters. The highest BCUT2D eigenvalue weighted by Crippen LogP contribution is 2.12. The average molecular weight is 303 g/mol. The molecule has 0 amide bonds. The van der Waals surface area contributed by atoms with Crippen molar-refractivity contribution in [1.82, 2.24) is 15.0 Å². The molecule has 1 heterocycles. The molecular formula is C11H21N5O3S. The van der Waals surface area contributed by atoms with Gasteiger partial charge in [0.2, 0.25) is 0 Å². The van der Waals surface area contributed by atoms with Crippen LogP contribution >= 0.6 is 0 Å². The number of nitrogens with two attached hydrogens (primary N) is 2. The van der Waals surface area contributed by atoms with Gasteiger partial charge in [0, 0.05) is 6.04 Å².